The summed E-state index contributed by atoms with van der Waals surface area (Å²) in [6, 6.07) is 0.443. The fraction of sp³-hybridized carbons (Fsp3) is 1.00. The second-order valence-corrected chi connectivity index (χ2v) is 4.56. The highest BCUT2D eigenvalue weighted by atomic mass is 35.5. The van der Waals surface area contributed by atoms with E-state index in [0.29, 0.717) is 12.0 Å². The molecule has 2 saturated heterocycles. The molecule has 2 unspecified atom stereocenters. The van der Waals surface area contributed by atoms with Crippen molar-refractivity contribution in [3.8, 4) is 0 Å². The normalized spacial score (nSPS) is 42.8. The zero-order chi connectivity index (χ0) is 8.06. The minimum Gasteiger partial charge on any atom is -0.378 e. The maximum Gasteiger partial charge on any atom is 0.175 e. The van der Waals surface area contributed by atoms with Crippen molar-refractivity contribution in [3.05, 3.63) is 0 Å². The fourth-order valence-electron chi connectivity index (χ4n) is 1.82. The molecule has 0 aromatic carbocycles. The Morgan fingerprint density at radius 2 is 2.27 bits per heavy atom. The van der Waals surface area contributed by atoms with Crippen molar-refractivity contribution in [2.75, 3.05) is 19.8 Å². The van der Waals surface area contributed by atoms with E-state index in [2.05, 4.69) is 11.8 Å². The van der Waals surface area contributed by atoms with Crippen molar-refractivity contribution in [1.82, 2.24) is 4.90 Å². The molecule has 0 bridgehead atoms. The van der Waals surface area contributed by atoms with Crippen molar-refractivity contribution < 1.29 is 4.74 Å². The number of morpholine rings is 1. The smallest absolute Gasteiger partial charge is 0.175 e. The Balaban J connectivity index is 2.09. The molecule has 4 heteroatoms. The molecule has 2 nitrogen and oxygen atoms in total. The summed E-state index contributed by atoms with van der Waals surface area (Å²) >= 11 is 12.1. The lowest BCUT2D eigenvalue weighted by Gasteiger charge is -2.58. The van der Waals surface area contributed by atoms with Crippen molar-refractivity contribution in [1.29, 1.82) is 0 Å². The Hall–Kier alpha value is 0.500. The number of rotatable bonds is 0. The minimum atomic E-state index is -0.631. The summed E-state index contributed by atoms with van der Waals surface area (Å²) in [5.74, 6) is 0.325. The maximum atomic E-state index is 6.06. The van der Waals surface area contributed by atoms with E-state index in [9.17, 15) is 0 Å². The van der Waals surface area contributed by atoms with Gasteiger partial charge in [-0.15, -0.1) is 0 Å². The molecule has 0 aliphatic carbocycles. The molecule has 0 amide bonds. The van der Waals surface area contributed by atoms with Crippen LogP contribution in [-0.4, -0.2) is 35.2 Å². The Morgan fingerprint density at radius 1 is 1.55 bits per heavy atom. The van der Waals surface area contributed by atoms with Crippen LogP contribution in [0.3, 0.4) is 0 Å². The third-order valence-corrected chi connectivity index (χ3v) is 3.80. The standard InChI is InChI=1S/C7H11Cl2NO/c1-5-6-4-11-3-2-10(6)7(5,8)9/h5-6H,2-4H2,1H3. The molecule has 2 aliphatic rings. The Morgan fingerprint density at radius 3 is 2.91 bits per heavy atom. The average Bonchev–Trinajstić information content (AvgIpc) is 2.04. The largest absolute Gasteiger partial charge is 0.378 e. The molecule has 64 valence electrons. The summed E-state index contributed by atoms with van der Waals surface area (Å²) in [5.41, 5.74) is 0. The quantitative estimate of drug-likeness (QED) is 0.429. The molecule has 0 N–H and O–H groups in total. The summed E-state index contributed by atoms with van der Waals surface area (Å²) in [7, 11) is 0. The van der Waals surface area contributed by atoms with E-state index >= 15 is 0 Å². The van der Waals surface area contributed by atoms with Crippen LogP contribution in [0.2, 0.25) is 0 Å². The summed E-state index contributed by atoms with van der Waals surface area (Å²) in [6.07, 6.45) is 0. The zero-order valence-electron chi connectivity index (χ0n) is 6.39. The SMILES string of the molecule is CC1C2COCCN2C1(Cl)Cl. The fourth-order valence-corrected chi connectivity index (χ4v) is 2.53. The van der Waals surface area contributed by atoms with Gasteiger partial charge in [-0.3, -0.25) is 4.90 Å². The van der Waals surface area contributed by atoms with Crippen molar-refractivity contribution in [3.63, 3.8) is 0 Å². The monoisotopic (exact) mass is 195 g/mol. The molecule has 0 spiro atoms. The first-order chi connectivity index (χ1) is 5.14. The predicted octanol–water partition coefficient (Wildman–Crippen LogP) is 1.47. The lowest BCUT2D eigenvalue weighted by atomic mass is 9.89. The number of halogens is 2. The third kappa shape index (κ3) is 1.00. The molecular formula is C7H11Cl2NO. The first-order valence-corrected chi connectivity index (χ1v) is 4.62. The van der Waals surface area contributed by atoms with Gasteiger partial charge in [0.25, 0.3) is 0 Å². The average molecular weight is 196 g/mol. The summed E-state index contributed by atoms with van der Waals surface area (Å²) < 4.78 is 4.68. The number of hydrogen-bond acceptors (Lipinski definition) is 2. The highest BCUT2D eigenvalue weighted by Crippen LogP contribution is 2.49. The molecule has 2 heterocycles. The van der Waals surface area contributed by atoms with Gasteiger partial charge in [0.05, 0.1) is 13.2 Å². The van der Waals surface area contributed by atoms with Gasteiger partial charge in [0.1, 0.15) is 0 Å². The highest BCUT2D eigenvalue weighted by molar-refractivity contribution is 6.48. The molecule has 2 fully saturated rings. The number of alkyl halides is 2. The summed E-state index contributed by atoms with van der Waals surface area (Å²) in [4.78, 5) is 2.10. The molecule has 0 aromatic rings. The van der Waals surface area contributed by atoms with Gasteiger partial charge in [-0.25, -0.2) is 0 Å². The van der Waals surface area contributed by atoms with Crippen LogP contribution in [0.15, 0.2) is 0 Å². The van der Waals surface area contributed by atoms with Crippen LogP contribution in [-0.2, 0) is 4.74 Å². The zero-order valence-corrected chi connectivity index (χ0v) is 7.90. The van der Waals surface area contributed by atoms with Crippen molar-refractivity contribution >= 4 is 23.2 Å². The van der Waals surface area contributed by atoms with Gasteiger partial charge in [-0.2, -0.15) is 0 Å². The second kappa shape index (κ2) is 2.49. The van der Waals surface area contributed by atoms with E-state index in [-0.39, 0.29) is 0 Å². The van der Waals surface area contributed by atoms with Crippen LogP contribution in [0.1, 0.15) is 6.92 Å². The third-order valence-electron chi connectivity index (χ3n) is 2.67. The molecular weight excluding hydrogens is 185 g/mol. The topological polar surface area (TPSA) is 12.5 Å². The number of hydrogen-bond donors (Lipinski definition) is 0. The number of fused-ring (bicyclic) bond motifs is 1. The van der Waals surface area contributed by atoms with E-state index in [1.165, 1.54) is 0 Å². The number of nitrogens with zero attached hydrogens (tertiary/aromatic N) is 1. The lowest BCUT2D eigenvalue weighted by molar-refractivity contribution is -0.123. The molecule has 0 saturated carbocycles. The number of ether oxygens (including phenoxy) is 1. The van der Waals surface area contributed by atoms with Gasteiger partial charge in [-0.1, -0.05) is 30.1 Å². The van der Waals surface area contributed by atoms with Gasteiger partial charge in [0.15, 0.2) is 4.46 Å². The first kappa shape index (κ1) is 8.11. The van der Waals surface area contributed by atoms with Crippen LogP contribution in [0.25, 0.3) is 0 Å². The van der Waals surface area contributed by atoms with Crippen LogP contribution in [0, 0.1) is 5.92 Å². The van der Waals surface area contributed by atoms with Gasteiger partial charge in [0, 0.05) is 18.5 Å². The highest BCUT2D eigenvalue weighted by Gasteiger charge is 2.57. The summed E-state index contributed by atoms with van der Waals surface area (Å²) in [5, 5.41) is 0. The minimum absolute atomic E-state index is 0.325. The van der Waals surface area contributed by atoms with Crippen LogP contribution >= 0.6 is 23.2 Å². The molecule has 0 radical (unpaired) electrons. The molecule has 11 heavy (non-hydrogen) atoms. The first-order valence-electron chi connectivity index (χ1n) is 3.86. The van der Waals surface area contributed by atoms with Gasteiger partial charge in [0.2, 0.25) is 0 Å². The van der Waals surface area contributed by atoms with E-state index in [0.717, 1.165) is 19.8 Å². The van der Waals surface area contributed by atoms with Gasteiger partial charge >= 0.3 is 0 Å². The Labute approximate surface area is 76.4 Å². The molecule has 2 rings (SSSR count). The summed E-state index contributed by atoms with van der Waals surface area (Å²) in [6.45, 7) is 4.46. The van der Waals surface area contributed by atoms with E-state index in [1.807, 2.05) is 0 Å². The van der Waals surface area contributed by atoms with Crippen LogP contribution in [0.5, 0.6) is 0 Å². The second-order valence-electron chi connectivity index (χ2n) is 3.21. The van der Waals surface area contributed by atoms with E-state index < -0.39 is 4.46 Å². The van der Waals surface area contributed by atoms with Crippen molar-refractivity contribution in [2.24, 2.45) is 5.92 Å². The van der Waals surface area contributed by atoms with E-state index in [4.69, 9.17) is 27.9 Å². The molecule has 0 aromatic heterocycles. The van der Waals surface area contributed by atoms with Gasteiger partial charge < -0.3 is 4.74 Å². The Bertz CT molecular complexity index is 174. The van der Waals surface area contributed by atoms with Crippen molar-refractivity contribution in [2.45, 2.75) is 17.4 Å². The molecule has 2 aliphatic heterocycles. The van der Waals surface area contributed by atoms with E-state index in [1.54, 1.807) is 0 Å². The maximum absolute atomic E-state index is 6.06. The Kier molecular flexibility index (Phi) is 1.84. The molecule has 2 atom stereocenters. The van der Waals surface area contributed by atoms with Crippen LogP contribution in [0.4, 0.5) is 0 Å². The van der Waals surface area contributed by atoms with Gasteiger partial charge in [-0.05, 0) is 0 Å². The lowest BCUT2D eigenvalue weighted by Crippen LogP contribution is -2.70. The van der Waals surface area contributed by atoms with Crippen LogP contribution < -0.4 is 0 Å². The predicted molar refractivity (Wildman–Crippen MR) is 44.9 cm³/mol.